The quantitative estimate of drug-likeness (QED) is 0.0867. The third-order valence-corrected chi connectivity index (χ3v) is 14.1. The van der Waals surface area contributed by atoms with E-state index in [9.17, 15) is 27.6 Å². The van der Waals surface area contributed by atoms with E-state index in [2.05, 4.69) is 47.3 Å². The monoisotopic (exact) mass is 895 g/mol. The first kappa shape index (κ1) is 44.5. The van der Waals surface area contributed by atoms with E-state index in [1.54, 1.807) is 19.2 Å². The summed E-state index contributed by atoms with van der Waals surface area (Å²) < 4.78 is 58.8. The first-order chi connectivity index (χ1) is 30.8. The number of aromatic amines is 1. The lowest BCUT2D eigenvalue weighted by molar-refractivity contribution is -0.134. The number of carbonyl (C=O) groups is 4. The molecule has 336 valence electrons. The molecule has 2 aromatic heterocycles. The van der Waals surface area contributed by atoms with Gasteiger partial charge in [0.2, 0.25) is 23.5 Å². The Balaban J connectivity index is 0.811. The molecule has 0 spiro atoms. The number of anilines is 2. The van der Waals surface area contributed by atoms with E-state index < -0.39 is 44.9 Å². The van der Waals surface area contributed by atoms with Crippen LogP contribution in [-0.2, 0) is 31.1 Å². The molecule has 1 atom stereocenters. The van der Waals surface area contributed by atoms with Gasteiger partial charge in [-0.15, -0.1) is 0 Å². The number of imide groups is 1. The summed E-state index contributed by atoms with van der Waals surface area (Å²) >= 11 is 0. The minimum absolute atomic E-state index is 0.0165. The maximum atomic E-state index is 15.6. The van der Waals surface area contributed by atoms with Crippen LogP contribution in [0.2, 0.25) is 0 Å². The van der Waals surface area contributed by atoms with Crippen molar-refractivity contribution in [2.45, 2.75) is 51.1 Å². The summed E-state index contributed by atoms with van der Waals surface area (Å²) in [5.74, 6) is -3.43. The first-order valence-electron chi connectivity index (χ1n) is 21.5. The summed E-state index contributed by atoms with van der Waals surface area (Å²) in [4.78, 5) is 64.5. The van der Waals surface area contributed by atoms with Crippen LogP contribution in [0.25, 0.3) is 22.2 Å². The third-order valence-electron chi connectivity index (χ3n) is 12.5. The van der Waals surface area contributed by atoms with E-state index in [0.717, 1.165) is 78.8 Å². The van der Waals surface area contributed by atoms with Crippen LogP contribution in [0.4, 0.5) is 20.2 Å². The van der Waals surface area contributed by atoms with Gasteiger partial charge >= 0.3 is 10.2 Å². The zero-order chi connectivity index (χ0) is 45.1. The number of pyridine rings is 1. The number of piperidine rings is 2. The van der Waals surface area contributed by atoms with E-state index in [-0.39, 0.29) is 29.8 Å². The number of carbonyl (C=O) groups excluding carboxylic acids is 4. The molecular weight excluding hydrogens is 845 g/mol. The average molecular weight is 896 g/mol. The van der Waals surface area contributed by atoms with Crippen molar-refractivity contribution < 1.29 is 36.4 Å². The lowest BCUT2D eigenvalue weighted by atomic mass is 9.89. The molecule has 5 aromatic rings. The fraction of sp³-hybridized carbons (Fsp3) is 0.370. The van der Waals surface area contributed by atoms with E-state index in [4.69, 9.17) is 0 Å². The van der Waals surface area contributed by atoms with E-state index in [0.29, 0.717) is 55.0 Å². The lowest BCUT2D eigenvalue weighted by Crippen LogP contribution is -2.50. The number of hydrogen-bond donors (Lipinski definition) is 4. The van der Waals surface area contributed by atoms with Crippen molar-refractivity contribution in [3.05, 3.63) is 113 Å². The summed E-state index contributed by atoms with van der Waals surface area (Å²) in [5.41, 5.74) is 3.58. The number of H-pyrrole nitrogens is 1. The molecule has 64 heavy (non-hydrogen) atoms. The largest absolute Gasteiger partial charge is 0.374 e. The molecule has 15 nitrogen and oxygen atoms in total. The number of rotatable bonds is 14. The van der Waals surface area contributed by atoms with Crippen LogP contribution in [0, 0.1) is 11.6 Å². The van der Waals surface area contributed by atoms with Gasteiger partial charge in [-0.05, 0) is 72.2 Å². The molecule has 5 heterocycles. The summed E-state index contributed by atoms with van der Waals surface area (Å²) in [6, 6.07) is 19.2. The molecule has 0 aliphatic carbocycles. The van der Waals surface area contributed by atoms with Crippen LogP contribution in [0.15, 0.2) is 79.1 Å². The number of fused-ring (bicyclic) bond motifs is 1. The molecule has 4 N–H and O–H groups in total. The van der Waals surface area contributed by atoms with Gasteiger partial charge in [-0.2, -0.15) is 12.7 Å². The fourth-order valence-corrected chi connectivity index (χ4v) is 9.45. The lowest BCUT2D eigenvalue weighted by Gasteiger charge is -2.37. The van der Waals surface area contributed by atoms with Crippen molar-refractivity contribution in [3.63, 3.8) is 0 Å². The maximum absolute atomic E-state index is 15.6. The van der Waals surface area contributed by atoms with Gasteiger partial charge in [0, 0.05) is 100 Å². The smallest absolute Gasteiger partial charge is 0.301 e. The topological polar surface area (TPSA) is 180 Å². The van der Waals surface area contributed by atoms with Crippen molar-refractivity contribution in [1.82, 2.24) is 34.3 Å². The van der Waals surface area contributed by atoms with Crippen LogP contribution in [0.1, 0.15) is 65.6 Å². The minimum Gasteiger partial charge on any atom is -0.374 e. The van der Waals surface area contributed by atoms with E-state index in [1.807, 2.05) is 41.3 Å². The van der Waals surface area contributed by atoms with Crippen molar-refractivity contribution in [1.29, 1.82) is 0 Å². The summed E-state index contributed by atoms with van der Waals surface area (Å²) in [7, 11) is -2.83. The van der Waals surface area contributed by atoms with Crippen molar-refractivity contribution in [2.24, 2.45) is 0 Å². The third kappa shape index (κ3) is 9.84. The molecule has 3 fully saturated rings. The predicted octanol–water partition coefficient (Wildman–Crippen LogP) is 5.09. The Morgan fingerprint density at radius 3 is 2.28 bits per heavy atom. The normalized spacial score (nSPS) is 18.1. The molecule has 3 amide bonds. The Hall–Kier alpha value is -6.08. The van der Waals surface area contributed by atoms with Crippen molar-refractivity contribution >= 4 is 56.1 Å². The summed E-state index contributed by atoms with van der Waals surface area (Å²) in [5, 5.41) is 5.95. The molecule has 1 unspecified atom stereocenters. The second-order valence-electron chi connectivity index (χ2n) is 16.6. The number of aromatic nitrogens is 2. The molecule has 3 saturated heterocycles. The molecule has 18 heteroatoms. The van der Waals surface area contributed by atoms with Gasteiger partial charge in [0.15, 0.2) is 5.82 Å². The van der Waals surface area contributed by atoms with Gasteiger partial charge in [0.1, 0.15) is 17.5 Å². The van der Waals surface area contributed by atoms with Gasteiger partial charge in [-0.25, -0.2) is 13.8 Å². The Bertz CT molecular complexity index is 2660. The van der Waals surface area contributed by atoms with Gasteiger partial charge < -0.3 is 15.2 Å². The highest BCUT2D eigenvalue weighted by Crippen LogP contribution is 2.32. The van der Waals surface area contributed by atoms with Gasteiger partial charge in [0.25, 0.3) is 0 Å². The highest BCUT2D eigenvalue weighted by Gasteiger charge is 2.30. The van der Waals surface area contributed by atoms with Crippen LogP contribution in [-0.4, -0.2) is 126 Å². The highest BCUT2D eigenvalue weighted by molar-refractivity contribution is 7.90. The summed E-state index contributed by atoms with van der Waals surface area (Å²) in [6.07, 6.45) is 5.56. The van der Waals surface area contributed by atoms with Crippen LogP contribution in [0.5, 0.6) is 0 Å². The molecule has 0 bridgehead atoms. The Morgan fingerprint density at radius 1 is 0.891 bits per heavy atom. The molecule has 0 radical (unpaired) electrons. The SMILES string of the molecule is CCN(C)S(=O)(=O)Nc1ccc(F)c(C(=O)c2c[nH]c3ncc(-c4ccc(CN5CCN(CC(=O)N6CCC(c7ccc(NC8CCC(=O)NC8=O)cc7)CC6)CC5)cc4)cc23)c1F. The summed E-state index contributed by atoms with van der Waals surface area (Å²) in [6.45, 7) is 7.48. The van der Waals surface area contributed by atoms with Gasteiger partial charge in [0.05, 0.1) is 17.8 Å². The molecular formula is C46H51F2N9O6S. The number of ketones is 1. The van der Waals surface area contributed by atoms with Crippen LogP contribution in [0.3, 0.4) is 0 Å². The number of amides is 3. The predicted molar refractivity (Wildman–Crippen MR) is 239 cm³/mol. The number of hydrogen-bond acceptors (Lipinski definition) is 10. The number of halogens is 2. The Morgan fingerprint density at radius 2 is 1.59 bits per heavy atom. The number of benzene rings is 3. The van der Waals surface area contributed by atoms with Crippen LogP contribution >= 0.6 is 0 Å². The van der Waals surface area contributed by atoms with Gasteiger partial charge in [-0.3, -0.25) is 39.0 Å². The minimum atomic E-state index is -4.14. The van der Waals surface area contributed by atoms with Gasteiger partial charge in [-0.1, -0.05) is 43.3 Å². The highest BCUT2D eigenvalue weighted by atomic mass is 32.2. The Labute approximate surface area is 370 Å². The zero-order valence-electron chi connectivity index (χ0n) is 35.7. The second kappa shape index (κ2) is 18.9. The number of likely N-dealkylation sites (tertiary alicyclic amines) is 1. The van der Waals surface area contributed by atoms with E-state index >= 15 is 8.78 Å². The Kier molecular flexibility index (Phi) is 13.2. The average Bonchev–Trinajstić information content (AvgIpc) is 3.73. The molecule has 3 aromatic carbocycles. The standard InChI is InChI=1S/C46H51F2N9O6S/c1-3-54(2)64(62,63)53-38-13-12-37(47)42(43(38)48)44(60)36-26-50-45-35(36)24-33(25-49-45)31-6-4-29(5-7-31)27-55-20-22-56(23-21-55)28-41(59)57-18-16-32(17-19-57)30-8-10-34(11-9-30)51-39-14-15-40(58)52-46(39)61/h4-13,24-26,32,39,51,53H,3,14-23,27-28H2,1-2H3,(H,49,50)(H,52,58,61). The number of nitrogens with zero attached hydrogens (tertiary/aromatic N) is 5. The number of piperazine rings is 1. The molecule has 0 saturated carbocycles. The fourth-order valence-electron chi connectivity index (χ4n) is 8.51. The van der Waals surface area contributed by atoms with Crippen LogP contribution < -0.4 is 15.4 Å². The second-order valence-corrected chi connectivity index (χ2v) is 18.4. The maximum Gasteiger partial charge on any atom is 0.301 e. The zero-order valence-corrected chi connectivity index (χ0v) is 36.5. The van der Waals surface area contributed by atoms with E-state index in [1.165, 1.54) is 18.8 Å². The molecule has 3 aliphatic rings. The first-order valence-corrected chi connectivity index (χ1v) is 23.0. The van der Waals surface area contributed by atoms with Crippen molar-refractivity contribution in [3.8, 4) is 11.1 Å². The molecule has 8 rings (SSSR count). The number of nitrogens with one attached hydrogen (secondary N) is 4. The van der Waals surface area contributed by atoms with Crippen molar-refractivity contribution in [2.75, 3.05) is 69.4 Å². The molecule has 3 aliphatic heterocycles.